The second-order valence-corrected chi connectivity index (χ2v) is 17.8. The van der Waals surface area contributed by atoms with E-state index in [-0.39, 0.29) is 31.1 Å². The van der Waals surface area contributed by atoms with Crippen molar-refractivity contribution in [3.63, 3.8) is 0 Å². The molecule has 368 valence electrons. The third kappa shape index (κ3) is 49.9. The van der Waals surface area contributed by atoms with Gasteiger partial charge in [0, 0.05) is 19.3 Å². The number of carbonyl (C=O) groups excluding carboxylic acids is 3. The van der Waals surface area contributed by atoms with Gasteiger partial charge in [0.15, 0.2) is 6.10 Å². The molecule has 1 unspecified atom stereocenters. The molecule has 0 spiro atoms. The topological polar surface area (TPSA) is 78.9 Å². The molecular weight excluding hydrogens is 793 g/mol. The van der Waals surface area contributed by atoms with Crippen molar-refractivity contribution in [1.82, 2.24) is 0 Å². The van der Waals surface area contributed by atoms with Crippen molar-refractivity contribution in [3.8, 4) is 0 Å². The molecule has 6 heteroatoms. The average molecular weight is 893 g/mol. The van der Waals surface area contributed by atoms with Crippen molar-refractivity contribution in [2.45, 2.75) is 264 Å². The SMILES string of the molecule is CCCC/C=C\CCCCCCCC(=O)OCC(COC(=O)CCCCCCC\C=C/C=C\C=C/CCCCCCC)OC(=O)CCCCCCCCC/C=C\C/C=C\CCCCC. The lowest BCUT2D eigenvalue weighted by Gasteiger charge is -2.18. The molecule has 0 aliphatic rings. The van der Waals surface area contributed by atoms with Gasteiger partial charge in [-0.25, -0.2) is 0 Å². The first kappa shape index (κ1) is 60.9. The van der Waals surface area contributed by atoms with Gasteiger partial charge in [0.05, 0.1) is 0 Å². The molecule has 64 heavy (non-hydrogen) atoms. The predicted octanol–water partition coefficient (Wildman–Crippen LogP) is 17.8. The summed E-state index contributed by atoms with van der Waals surface area (Å²) in [5, 5.41) is 0. The summed E-state index contributed by atoms with van der Waals surface area (Å²) in [6.07, 6.45) is 65.9. The molecule has 1 atom stereocenters. The molecule has 0 bridgehead atoms. The van der Waals surface area contributed by atoms with Crippen LogP contribution in [-0.2, 0) is 28.6 Å². The molecule has 0 heterocycles. The van der Waals surface area contributed by atoms with Gasteiger partial charge in [-0.2, -0.15) is 0 Å². The summed E-state index contributed by atoms with van der Waals surface area (Å²) < 4.78 is 16.8. The van der Waals surface area contributed by atoms with E-state index in [1.807, 2.05) is 0 Å². The molecule has 0 rings (SSSR count). The number of rotatable bonds is 48. The van der Waals surface area contributed by atoms with Crippen molar-refractivity contribution in [2.75, 3.05) is 13.2 Å². The summed E-state index contributed by atoms with van der Waals surface area (Å²) in [6.45, 7) is 6.53. The molecule has 0 amide bonds. The quantitative estimate of drug-likeness (QED) is 0.0199. The Morgan fingerprint density at radius 2 is 0.641 bits per heavy atom. The number of ether oxygens (including phenoxy) is 3. The van der Waals surface area contributed by atoms with Crippen LogP contribution < -0.4 is 0 Å². The van der Waals surface area contributed by atoms with Crippen molar-refractivity contribution in [1.29, 1.82) is 0 Å². The van der Waals surface area contributed by atoms with Crippen LogP contribution in [0.5, 0.6) is 0 Å². The van der Waals surface area contributed by atoms with Gasteiger partial charge >= 0.3 is 17.9 Å². The Morgan fingerprint density at radius 1 is 0.328 bits per heavy atom. The van der Waals surface area contributed by atoms with Gasteiger partial charge in [0.25, 0.3) is 0 Å². The zero-order chi connectivity index (χ0) is 46.5. The standard InChI is InChI=1S/C58H100O6/c1-4-7-10-13-16-19-22-24-26-28-30-31-33-36-39-42-45-48-51-57(60)63-54-55(53-62-56(59)50-47-44-41-38-35-21-18-15-12-9-6-3)64-58(61)52-49-46-43-40-37-34-32-29-27-25-23-20-17-14-11-8-5-2/h15,17-18,20,22,24-28,30-31,55H,4-14,16,19,21,23,29,32-54H2,1-3H3/b18-15-,20-17-,24-22-,27-25-,28-26-,31-30-. The number of esters is 3. The Morgan fingerprint density at radius 3 is 1.08 bits per heavy atom. The highest BCUT2D eigenvalue weighted by Crippen LogP contribution is 2.14. The van der Waals surface area contributed by atoms with Gasteiger partial charge in [-0.15, -0.1) is 0 Å². The van der Waals surface area contributed by atoms with Crippen LogP contribution in [0.1, 0.15) is 258 Å². The molecule has 6 nitrogen and oxygen atoms in total. The highest BCUT2D eigenvalue weighted by molar-refractivity contribution is 5.71. The van der Waals surface area contributed by atoms with E-state index >= 15 is 0 Å². The molecular formula is C58H100O6. The molecule has 0 aromatic heterocycles. The van der Waals surface area contributed by atoms with Gasteiger partial charge in [0.2, 0.25) is 0 Å². The third-order valence-electron chi connectivity index (χ3n) is 11.5. The predicted molar refractivity (Wildman–Crippen MR) is 274 cm³/mol. The summed E-state index contributed by atoms with van der Waals surface area (Å²) >= 11 is 0. The fourth-order valence-electron chi connectivity index (χ4n) is 7.34. The highest BCUT2D eigenvalue weighted by Gasteiger charge is 2.19. The van der Waals surface area contributed by atoms with E-state index in [0.29, 0.717) is 19.3 Å². The maximum absolute atomic E-state index is 12.8. The summed E-state index contributed by atoms with van der Waals surface area (Å²) in [6, 6.07) is 0. The largest absolute Gasteiger partial charge is 0.462 e. The second-order valence-electron chi connectivity index (χ2n) is 17.8. The van der Waals surface area contributed by atoms with Gasteiger partial charge in [-0.3, -0.25) is 14.4 Å². The lowest BCUT2D eigenvalue weighted by molar-refractivity contribution is -0.167. The number of hydrogen-bond donors (Lipinski definition) is 0. The molecule has 0 N–H and O–H groups in total. The van der Waals surface area contributed by atoms with Gasteiger partial charge < -0.3 is 14.2 Å². The van der Waals surface area contributed by atoms with E-state index in [1.165, 1.54) is 122 Å². The van der Waals surface area contributed by atoms with Crippen LogP contribution in [0.15, 0.2) is 72.9 Å². The zero-order valence-corrected chi connectivity index (χ0v) is 42.0. The Balaban J connectivity index is 4.42. The molecule has 0 aliphatic carbocycles. The average Bonchev–Trinajstić information content (AvgIpc) is 3.29. The molecule has 0 aliphatic heterocycles. The first-order valence-electron chi connectivity index (χ1n) is 27.0. The maximum Gasteiger partial charge on any atom is 0.306 e. The first-order chi connectivity index (χ1) is 31.5. The van der Waals surface area contributed by atoms with E-state index in [0.717, 1.165) is 96.3 Å². The van der Waals surface area contributed by atoms with Crippen LogP contribution in [0, 0.1) is 0 Å². The Bertz CT molecular complexity index is 1210. The van der Waals surface area contributed by atoms with Gasteiger partial charge in [-0.05, 0) is 96.3 Å². The fourth-order valence-corrected chi connectivity index (χ4v) is 7.34. The van der Waals surface area contributed by atoms with Crippen LogP contribution in [0.3, 0.4) is 0 Å². The third-order valence-corrected chi connectivity index (χ3v) is 11.5. The summed E-state index contributed by atoms with van der Waals surface area (Å²) in [4.78, 5) is 38.0. The zero-order valence-electron chi connectivity index (χ0n) is 42.0. The minimum absolute atomic E-state index is 0.0900. The van der Waals surface area contributed by atoms with Crippen LogP contribution in [0.4, 0.5) is 0 Å². The van der Waals surface area contributed by atoms with Crippen LogP contribution in [0.2, 0.25) is 0 Å². The normalized spacial score (nSPS) is 12.6. The van der Waals surface area contributed by atoms with Crippen LogP contribution in [-0.4, -0.2) is 37.2 Å². The van der Waals surface area contributed by atoms with E-state index in [4.69, 9.17) is 14.2 Å². The molecule has 0 saturated carbocycles. The smallest absolute Gasteiger partial charge is 0.306 e. The minimum atomic E-state index is -0.791. The monoisotopic (exact) mass is 893 g/mol. The number of unbranched alkanes of at least 4 members (excludes halogenated alkanes) is 27. The lowest BCUT2D eigenvalue weighted by atomic mass is 10.1. The van der Waals surface area contributed by atoms with Gasteiger partial charge in [0.1, 0.15) is 13.2 Å². The summed E-state index contributed by atoms with van der Waals surface area (Å²) in [7, 11) is 0. The van der Waals surface area contributed by atoms with Gasteiger partial charge in [-0.1, -0.05) is 216 Å². The fraction of sp³-hybridized carbons (Fsp3) is 0.741. The van der Waals surface area contributed by atoms with E-state index in [2.05, 4.69) is 93.7 Å². The summed E-state index contributed by atoms with van der Waals surface area (Å²) in [5.41, 5.74) is 0. The molecule has 0 aromatic carbocycles. The Hall–Kier alpha value is -3.15. The molecule has 0 aromatic rings. The second kappa shape index (κ2) is 52.5. The van der Waals surface area contributed by atoms with Crippen molar-refractivity contribution >= 4 is 17.9 Å². The molecule has 0 saturated heterocycles. The lowest BCUT2D eigenvalue weighted by Crippen LogP contribution is -2.30. The molecule has 0 fully saturated rings. The van der Waals surface area contributed by atoms with E-state index in [9.17, 15) is 14.4 Å². The van der Waals surface area contributed by atoms with E-state index in [1.54, 1.807) is 0 Å². The number of allylic oxidation sites excluding steroid dienone is 12. The van der Waals surface area contributed by atoms with Crippen molar-refractivity contribution in [3.05, 3.63) is 72.9 Å². The first-order valence-corrected chi connectivity index (χ1v) is 27.0. The van der Waals surface area contributed by atoms with Crippen LogP contribution >= 0.6 is 0 Å². The number of carbonyl (C=O) groups is 3. The van der Waals surface area contributed by atoms with E-state index < -0.39 is 6.10 Å². The minimum Gasteiger partial charge on any atom is -0.462 e. The maximum atomic E-state index is 12.8. The van der Waals surface area contributed by atoms with Crippen LogP contribution in [0.25, 0.3) is 0 Å². The Labute approximate surface area is 395 Å². The van der Waals surface area contributed by atoms with Crippen molar-refractivity contribution in [2.24, 2.45) is 0 Å². The number of hydrogen-bond acceptors (Lipinski definition) is 6. The highest BCUT2D eigenvalue weighted by atomic mass is 16.6. The Kier molecular flexibility index (Phi) is 49.9. The molecule has 0 radical (unpaired) electrons. The van der Waals surface area contributed by atoms with Crippen molar-refractivity contribution < 1.29 is 28.6 Å². The summed E-state index contributed by atoms with van der Waals surface area (Å²) in [5.74, 6) is -0.924.